The fraction of sp³-hybridized carbons (Fsp3) is 0.765. The van der Waals surface area contributed by atoms with E-state index in [2.05, 4.69) is 25.2 Å². The quantitative estimate of drug-likeness (QED) is 0.258. The summed E-state index contributed by atoms with van der Waals surface area (Å²) in [7, 11) is 1.76. The van der Waals surface area contributed by atoms with Gasteiger partial charge in [0.05, 0.1) is 6.54 Å². The van der Waals surface area contributed by atoms with Crippen molar-refractivity contribution in [1.29, 1.82) is 0 Å². The van der Waals surface area contributed by atoms with Crippen LogP contribution in [0.4, 0.5) is 8.78 Å². The van der Waals surface area contributed by atoms with Crippen molar-refractivity contribution in [3.05, 3.63) is 18.2 Å². The smallest absolute Gasteiger partial charge is 0.251 e. The van der Waals surface area contributed by atoms with Crippen LogP contribution in [0.5, 0.6) is 0 Å². The van der Waals surface area contributed by atoms with Crippen LogP contribution >= 0.6 is 24.0 Å². The third-order valence-corrected chi connectivity index (χ3v) is 4.59. The second kappa shape index (κ2) is 12.4. The lowest BCUT2D eigenvalue weighted by Crippen LogP contribution is -2.49. The first-order valence-corrected chi connectivity index (χ1v) is 9.04. The number of nitrogens with zero attached hydrogens (tertiary/aromatic N) is 4. The molecule has 0 aromatic carbocycles. The molecule has 1 aliphatic heterocycles. The van der Waals surface area contributed by atoms with Crippen LogP contribution in [0, 0.1) is 6.92 Å². The highest BCUT2D eigenvalue weighted by atomic mass is 127. The van der Waals surface area contributed by atoms with Crippen molar-refractivity contribution in [2.75, 3.05) is 33.2 Å². The Balaban J connectivity index is 0.00000338. The van der Waals surface area contributed by atoms with E-state index in [0.717, 1.165) is 50.6 Å². The molecule has 0 saturated carbocycles. The number of likely N-dealkylation sites (tertiary alicyclic amines) is 1. The number of piperidine rings is 1. The predicted octanol–water partition coefficient (Wildman–Crippen LogP) is 2.48. The average Bonchev–Trinajstić information content (AvgIpc) is 2.99. The Morgan fingerprint density at radius 2 is 2.08 bits per heavy atom. The minimum absolute atomic E-state index is 0. The molecule has 0 bridgehead atoms. The number of aromatic nitrogens is 2. The summed E-state index contributed by atoms with van der Waals surface area (Å²) in [5.74, 6) is 1.84. The van der Waals surface area contributed by atoms with E-state index in [1.807, 2.05) is 24.2 Å². The molecule has 1 fully saturated rings. The van der Waals surface area contributed by atoms with Crippen molar-refractivity contribution < 1.29 is 8.78 Å². The van der Waals surface area contributed by atoms with E-state index < -0.39 is 6.43 Å². The lowest BCUT2D eigenvalue weighted by atomic mass is 10.1. The highest BCUT2D eigenvalue weighted by molar-refractivity contribution is 14.0. The van der Waals surface area contributed by atoms with Crippen molar-refractivity contribution in [1.82, 2.24) is 25.1 Å². The van der Waals surface area contributed by atoms with E-state index in [1.165, 1.54) is 0 Å². The Labute approximate surface area is 171 Å². The number of aryl methyl sites for hydroxylation is 2. The van der Waals surface area contributed by atoms with Gasteiger partial charge in [0.2, 0.25) is 0 Å². The Morgan fingerprint density at radius 1 is 1.35 bits per heavy atom. The molecule has 2 heterocycles. The van der Waals surface area contributed by atoms with Crippen LogP contribution in [-0.2, 0) is 6.54 Å². The Kier molecular flexibility index (Phi) is 11.0. The predicted molar refractivity (Wildman–Crippen MR) is 112 cm³/mol. The lowest BCUT2D eigenvalue weighted by Gasteiger charge is -2.32. The van der Waals surface area contributed by atoms with Crippen LogP contribution in [0.3, 0.4) is 0 Å². The van der Waals surface area contributed by atoms with Gasteiger partial charge in [-0.15, -0.1) is 24.0 Å². The highest BCUT2D eigenvalue weighted by Gasteiger charge is 2.21. The molecule has 2 rings (SSSR count). The van der Waals surface area contributed by atoms with E-state index in [-0.39, 0.29) is 30.5 Å². The van der Waals surface area contributed by atoms with Gasteiger partial charge < -0.3 is 15.2 Å². The molecule has 1 aromatic rings. The normalized spacial score (nSPS) is 16.6. The third kappa shape index (κ3) is 8.15. The molecule has 150 valence electrons. The molecular formula is C17H31F2IN6. The zero-order valence-electron chi connectivity index (χ0n) is 15.6. The number of alkyl halides is 2. The largest absolute Gasteiger partial charge is 0.356 e. The topological polar surface area (TPSA) is 57.5 Å². The standard InChI is InChI=1S/C17H30F2N6.HI/c1-14-21-8-12-25(14)9-4-3-7-22-17(20-2)23-15-5-10-24(11-6-15)13-16(18)19;/h8,12,15-16H,3-7,9-11,13H2,1-2H3,(H2,20,22,23);1H. The number of guanidine groups is 1. The van der Waals surface area contributed by atoms with Crippen molar-refractivity contribution in [3.63, 3.8) is 0 Å². The number of hydrogen-bond donors (Lipinski definition) is 2. The van der Waals surface area contributed by atoms with E-state index >= 15 is 0 Å². The van der Waals surface area contributed by atoms with Crippen molar-refractivity contribution >= 4 is 29.9 Å². The van der Waals surface area contributed by atoms with Crippen LogP contribution in [0.2, 0.25) is 0 Å². The number of rotatable bonds is 8. The maximum Gasteiger partial charge on any atom is 0.251 e. The fourth-order valence-electron chi connectivity index (χ4n) is 3.10. The van der Waals surface area contributed by atoms with Crippen LogP contribution in [0.1, 0.15) is 31.5 Å². The molecule has 0 atom stereocenters. The summed E-state index contributed by atoms with van der Waals surface area (Å²) in [5, 5.41) is 6.74. The Hall–Kier alpha value is -0.970. The number of hydrogen-bond acceptors (Lipinski definition) is 3. The highest BCUT2D eigenvalue weighted by Crippen LogP contribution is 2.11. The number of halogens is 3. The van der Waals surface area contributed by atoms with Gasteiger partial charge in [0.15, 0.2) is 5.96 Å². The van der Waals surface area contributed by atoms with Crippen LogP contribution in [-0.4, -0.2) is 66.1 Å². The van der Waals surface area contributed by atoms with Crippen LogP contribution in [0.25, 0.3) is 0 Å². The summed E-state index contributed by atoms with van der Waals surface area (Å²) in [5.41, 5.74) is 0. The van der Waals surface area contributed by atoms with Gasteiger partial charge in [-0.05, 0) is 32.6 Å². The number of unbranched alkanes of at least 4 members (excludes halogenated alkanes) is 1. The van der Waals surface area contributed by atoms with E-state index in [0.29, 0.717) is 19.1 Å². The van der Waals surface area contributed by atoms with Gasteiger partial charge in [0.1, 0.15) is 5.82 Å². The molecule has 2 N–H and O–H groups in total. The van der Waals surface area contributed by atoms with E-state index in [1.54, 1.807) is 7.05 Å². The molecule has 1 aromatic heterocycles. The van der Waals surface area contributed by atoms with E-state index in [4.69, 9.17) is 0 Å². The zero-order chi connectivity index (χ0) is 18.1. The minimum atomic E-state index is -2.25. The summed E-state index contributed by atoms with van der Waals surface area (Å²) in [6.07, 6.45) is 5.44. The SMILES string of the molecule is CN=C(NCCCCn1ccnc1C)NC1CCN(CC(F)F)CC1.I. The molecule has 0 aliphatic carbocycles. The van der Waals surface area contributed by atoms with Crippen molar-refractivity contribution in [2.24, 2.45) is 4.99 Å². The van der Waals surface area contributed by atoms with Gasteiger partial charge in [-0.3, -0.25) is 9.89 Å². The van der Waals surface area contributed by atoms with E-state index in [9.17, 15) is 8.78 Å². The van der Waals surface area contributed by atoms with Crippen LogP contribution in [0.15, 0.2) is 17.4 Å². The molecule has 6 nitrogen and oxygen atoms in total. The van der Waals surface area contributed by atoms with Gasteiger partial charge in [0, 0.05) is 51.7 Å². The van der Waals surface area contributed by atoms with Gasteiger partial charge >= 0.3 is 0 Å². The summed E-state index contributed by atoms with van der Waals surface area (Å²) < 4.78 is 27.0. The molecule has 0 unspecified atom stereocenters. The molecule has 0 spiro atoms. The van der Waals surface area contributed by atoms with Crippen molar-refractivity contribution in [2.45, 2.75) is 51.6 Å². The molecule has 1 saturated heterocycles. The first-order chi connectivity index (χ1) is 12.1. The minimum Gasteiger partial charge on any atom is -0.356 e. The maximum absolute atomic E-state index is 12.4. The van der Waals surface area contributed by atoms with Crippen molar-refractivity contribution in [3.8, 4) is 0 Å². The number of imidazole rings is 1. The molecule has 9 heteroatoms. The summed E-state index contributed by atoms with van der Waals surface area (Å²) in [4.78, 5) is 10.3. The lowest BCUT2D eigenvalue weighted by molar-refractivity contribution is 0.0744. The first-order valence-electron chi connectivity index (χ1n) is 9.04. The average molecular weight is 484 g/mol. The monoisotopic (exact) mass is 484 g/mol. The number of aliphatic imine (C=N–C) groups is 1. The fourth-order valence-corrected chi connectivity index (χ4v) is 3.10. The Bertz CT molecular complexity index is 529. The summed E-state index contributed by atoms with van der Waals surface area (Å²) >= 11 is 0. The Morgan fingerprint density at radius 3 is 2.65 bits per heavy atom. The van der Waals surface area contributed by atoms with Gasteiger partial charge in [-0.1, -0.05) is 0 Å². The van der Waals surface area contributed by atoms with Crippen LogP contribution < -0.4 is 10.6 Å². The summed E-state index contributed by atoms with van der Waals surface area (Å²) in [6.45, 7) is 5.15. The second-order valence-corrected chi connectivity index (χ2v) is 6.48. The van der Waals surface area contributed by atoms with Gasteiger partial charge in [-0.2, -0.15) is 0 Å². The summed E-state index contributed by atoms with van der Waals surface area (Å²) in [6, 6.07) is 0.300. The van der Waals surface area contributed by atoms with Gasteiger partial charge in [0.25, 0.3) is 6.43 Å². The third-order valence-electron chi connectivity index (χ3n) is 4.59. The molecule has 0 radical (unpaired) electrons. The molecule has 26 heavy (non-hydrogen) atoms. The second-order valence-electron chi connectivity index (χ2n) is 6.48. The molecule has 1 aliphatic rings. The van der Waals surface area contributed by atoms with Gasteiger partial charge in [-0.25, -0.2) is 13.8 Å². The maximum atomic E-state index is 12.4. The zero-order valence-corrected chi connectivity index (χ0v) is 18.0. The molecule has 0 amide bonds. The number of nitrogens with one attached hydrogen (secondary N) is 2. The molecular weight excluding hydrogens is 453 g/mol. The first kappa shape index (κ1) is 23.1.